The second kappa shape index (κ2) is 7.55. The lowest BCUT2D eigenvalue weighted by atomic mass is 10.2. The number of esters is 1. The zero-order valence-corrected chi connectivity index (χ0v) is 10.7. The van der Waals surface area contributed by atoms with E-state index in [1.807, 2.05) is 24.3 Å². The van der Waals surface area contributed by atoms with Crippen molar-refractivity contribution in [2.24, 2.45) is 0 Å². The summed E-state index contributed by atoms with van der Waals surface area (Å²) in [6.45, 7) is 0.392. The molecule has 0 radical (unpaired) electrons. The van der Waals surface area contributed by atoms with Gasteiger partial charge >= 0.3 is 5.97 Å². The maximum atomic E-state index is 10.9. The van der Waals surface area contributed by atoms with E-state index in [2.05, 4.69) is 10.1 Å². The molecule has 2 N–H and O–H groups in total. The van der Waals surface area contributed by atoms with Gasteiger partial charge < -0.3 is 19.9 Å². The Hall–Kier alpha value is -1.75. The van der Waals surface area contributed by atoms with E-state index in [-0.39, 0.29) is 12.4 Å². The summed E-state index contributed by atoms with van der Waals surface area (Å²) in [4.78, 5) is 10.9. The maximum absolute atomic E-state index is 10.9. The van der Waals surface area contributed by atoms with Crippen molar-refractivity contribution in [3.05, 3.63) is 24.3 Å². The standard InChI is InChI=1S/C13H19NO4/c1-17-12-6-3-10(4-7-12)14-9-11(15)5-8-13(16)18-2/h3-4,6-7,11,14-15H,5,8-9H2,1-2H3. The van der Waals surface area contributed by atoms with Gasteiger partial charge in [0.2, 0.25) is 0 Å². The third kappa shape index (κ3) is 5.05. The average Bonchev–Trinajstić information content (AvgIpc) is 2.42. The van der Waals surface area contributed by atoms with E-state index < -0.39 is 6.10 Å². The molecule has 1 rings (SSSR count). The van der Waals surface area contributed by atoms with Gasteiger partial charge in [0.05, 0.1) is 20.3 Å². The number of carbonyl (C=O) groups excluding carboxylic acids is 1. The fourth-order valence-corrected chi connectivity index (χ4v) is 1.43. The third-order valence-electron chi connectivity index (χ3n) is 2.54. The number of nitrogens with one attached hydrogen (secondary N) is 1. The van der Waals surface area contributed by atoms with Crippen molar-refractivity contribution >= 4 is 11.7 Å². The van der Waals surface area contributed by atoms with Gasteiger partial charge in [0.15, 0.2) is 0 Å². The first kappa shape index (κ1) is 14.3. The van der Waals surface area contributed by atoms with Crippen molar-refractivity contribution in [3.8, 4) is 5.75 Å². The van der Waals surface area contributed by atoms with Gasteiger partial charge in [-0.15, -0.1) is 0 Å². The highest BCUT2D eigenvalue weighted by Crippen LogP contribution is 2.15. The first-order valence-corrected chi connectivity index (χ1v) is 5.78. The molecule has 0 heterocycles. The van der Waals surface area contributed by atoms with E-state index in [0.29, 0.717) is 13.0 Å². The van der Waals surface area contributed by atoms with Crippen molar-refractivity contribution in [2.75, 3.05) is 26.1 Å². The summed E-state index contributed by atoms with van der Waals surface area (Å²) >= 11 is 0. The number of aliphatic hydroxyl groups excluding tert-OH is 1. The molecule has 0 aliphatic rings. The third-order valence-corrected chi connectivity index (χ3v) is 2.54. The average molecular weight is 253 g/mol. The number of ether oxygens (including phenoxy) is 2. The number of rotatable bonds is 7. The Morgan fingerprint density at radius 1 is 1.33 bits per heavy atom. The van der Waals surface area contributed by atoms with Gasteiger partial charge in [0.1, 0.15) is 5.75 Å². The van der Waals surface area contributed by atoms with Crippen LogP contribution in [0.25, 0.3) is 0 Å². The molecule has 0 amide bonds. The van der Waals surface area contributed by atoms with Gasteiger partial charge in [-0.3, -0.25) is 4.79 Å². The molecule has 0 bridgehead atoms. The number of benzene rings is 1. The molecule has 0 aliphatic carbocycles. The van der Waals surface area contributed by atoms with Crippen LogP contribution in [0.2, 0.25) is 0 Å². The van der Waals surface area contributed by atoms with Crippen LogP contribution in [0.3, 0.4) is 0 Å². The molecular weight excluding hydrogens is 234 g/mol. The van der Waals surface area contributed by atoms with E-state index in [4.69, 9.17) is 4.74 Å². The van der Waals surface area contributed by atoms with Crippen molar-refractivity contribution in [1.29, 1.82) is 0 Å². The molecule has 100 valence electrons. The molecule has 1 aromatic rings. The molecule has 1 aromatic carbocycles. The topological polar surface area (TPSA) is 67.8 Å². The van der Waals surface area contributed by atoms with E-state index in [9.17, 15) is 9.90 Å². The smallest absolute Gasteiger partial charge is 0.305 e. The highest BCUT2D eigenvalue weighted by molar-refractivity contribution is 5.69. The number of aliphatic hydroxyl groups is 1. The Labute approximate surface area is 107 Å². The summed E-state index contributed by atoms with van der Waals surface area (Å²) in [5.41, 5.74) is 0.896. The van der Waals surface area contributed by atoms with Crippen LogP contribution in [-0.4, -0.2) is 37.9 Å². The predicted molar refractivity (Wildman–Crippen MR) is 68.7 cm³/mol. The van der Waals surface area contributed by atoms with Gasteiger partial charge in [-0.25, -0.2) is 0 Å². The Morgan fingerprint density at radius 2 is 2.00 bits per heavy atom. The summed E-state index contributed by atoms with van der Waals surface area (Å²) in [6.07, 6.45) is 0.0313. The van der Waals surface area contributed by atoms with Crippen LogP contribution < -0.4 is 10.1 Å². The van der Waals surface area contributed by atoms with Gasteiger partial charge in [-0.05, 0) is 30.7 Å². The second-order valence-electron chi connectivity index (χ2n) is 3.88. The molecule has 0 saturated heterocycles. The minimum atomic E-state index is -0.578. The summed E-state index contributed by atoms with van der Waals surface area (Å²) in [5.74, 6) is 0.477. The molecule has 5 nitrogen and oxygen atoms in total. The zero-order chi connectivity index (χ0) is 13.4. The number of hydrogen-bond donors (Lipinski definition) is 2. The minimum absolute atomic E-state index is 0.224. The monoisotopic (exact) mass is 253 g/mol. The largest absolute Gasteiger partial charge is 0.497 e. The summed E-state index contributed by atoms with van der Waals surface area (Å²) in [7, 11) is 2.95. The van der Waals surface area contributed by atoms with Gasteiger partial charge in [-0.2, -0.15) is 0 Å². The summed E-state index contributed by atoms with van der Waals surface area (Å²) in [6, 6.07) is 7.41. The number of carbonyl (C=O) groups is 1. The first-order chi connectivity index (χ1) is 8.65. The Bertz CT molecular complexity index is 364. The molecule has 5 heteroatoms. The van der Waals surface area contributed by atoms with E-state index in [1.165, 1.54) is 7.11 Å². The lowest BCUT2D eigenvalue weighted by Crippen LogP contribution is -2.20. The summed E-state index contributed by atoms with van der Waals surface area (Å²) < 4.78 is 9.55. The lowest BCUT2D eigenvalue weighted by Gasteiger charge is -2.12. The van der Waals surface area contributed by atoms with E-state index in [1.54, 1.807) is 7.11 Å². The highest BCUT2D eigenvalue weighted by Gasteiger charge is 2.08. The van der Waals surface area contributed by atoms with Crippen molar-refractivity contribution in [3.63, 3.8) is 0 Å². The molecule has 0 fully saturated rings. The molecule has 18 heavy (non-hydrogen) atoms. The number of anilines is 1. The summed E-state index contributed by atoms with van der Waals surface area (Å²) in [5, 5.41) is 12.7. The van der Waals surface area contributed by atoms with Crippen molar-refractivity contribution in [2.45, 2.75) is 18.9 Å². The van der Waals surface area contributed by atoms with Crippen molar-refractivity contribution in [1.82, 2.24) is 0 Å². The van der Waals surface area contributed by atoms with Gasteiger partial charge in [-0.1, -0.05) is 0 Å². The van der Waals surface area contributed by atoms with Crippen LogP contribution in [0.5, 0.6) is 5.75 Å². The Kier molecular flexibility index (Phi) is 6.00. The molecule has 0 spiro atoms. The zero-order valence-electron chi connectivity index (χ0n) is 10.7. The SMILES string of the molecule is COC(=O)CCC(O)CNc1ccc(OC)cc1. The molecule has 1 atom stereocenters. The van der Waals surface area contributed by atoms with Crippen LogP contribution >= 0.6 is 0 Å². The number of hydrogen-bond acceptors (Lipinski definition) is 5. The van der Waals surface area contributed by atoms with Crippen LogP contribution in [0.4, 0.5) is 5.69 Å². The van der Waals surface area contributed by atoms with E-state index in [0.717, 1.165) is 11.4 Å². The molecule has 0 aromatic heterocycles. The fourth-order valence-electron chi connectivity index (χ4n) is 1.43. The molecule has 0 saturated carbocycles. The number of methoxy groups -OCH3 is 2. The Balaban J connectivity index is 2.28. The lowest BCUT2D eigenvalue weighted by molar-refractivity contribution is -0.141. The normalized spacial score (nSPS) is 11.7. The molecular formula is C13H19NO4. The predicted octanol–water partition coefficient (Wildman–Crippen LogP) is 1.42. The van der Waals surface area contributed by atoms with Crippen LogP contribution in [0.15, 0.2) is 24.3 Å². The van der Waals surface area contributed by atoms with Crippen LogP contribution in [0.1, 0.15) is 12.8 Å². The highest BCUT2D eigenvalue weighted by atomic mass is 16.5. The van der Waals surface area contributed by atoms with Crippen LogP contribution in [0, 0.1) is 0 Å². The molecule has 1 unspecified atom stereocenters. The van der Waals surface area contributed by atoms with Crippen molar-refractivity contribution < 1.29 is 19.4 Å². The second-order valence-corrected chi connectivity index (χ2v) is 3.88. The quantitative estimate of drug-likeness (QED) is 0.719. The van der Waals surface area contributed by atoms with Gasteiger partial charge in [0, 0.05) is 18.7 Å². The first-order valence-electron chi connectivity index (χ1n) is 5.78. The molecule has 0 aliphatic heterocycles. The van der Waals surface area contributed by atoms with E-state index >= 15 is 0 Å². The van der Waals surface area contributed by atoms with Gasteiger partial charge in [0.25, 0.3) is 0 Å². The maximum Gasteiger partial charge on any atom is 0.305 e. The fraction of sp³-hybridized carbons (Fsp3) is 0.462. The Morgan fingerprint density at radius 3 is 2.56 bits per heavy atom. The minimum Gasteiger partial charge on any atom is -0.497 e. The van der Waals surface area contributed by atoms with Crippen LogP contribution in [-0.2, 0) is 9.53 Å².